The highest BCUT2D eigenvalue weighted by Crippen LogP contribution is 2.24. The number of pyridine rings is 1. The van der Waals surface area contributed by atoms with Gasteiger partial charge < -0.3 is 19.4 Å². The van der Waals surface area contributed by atoms with Crippen molar-refractivity contribution in [1.29, 1.82) is 0 Å². The standard InChI is InChI=1S/C22H21FN2O5/c1-3-29-22(28)14(2)30-19-10-6-7-16-15(19)11-12-25(21(16)27)13-20(26)24-18-9-5-4-8-17(18)23/h4-12,14H,3,13H2,1-2H3,(H,24,26). The number of nitrogens with zero attached hydrogens (tertiary/aromatic N) is 1. The van der Waals surface area contributed by atoms with Gasteiger partial charge in [0.1, 0.15) is 18.1 Å². The number of carbonyl (C=O) groups is 2. The molecule has 30 heavy (non-hydrogen) atoms. The number of hydrogen-bond acceptors (Lipinski definition) is 5. The Bertz CT molecular complexity index is 1140. The molecule has 3 aromatic rings. The van der Waals surface area contributed by atoms with E-state index in [9.17, 15) is 18.8 Å². The number of hydrogen-bond donors (Lipinski definition) is 1. The van der Waals surface area contributed by atoms with Crippen LogP contribution >= 0.6 is 0 Å². The van der Waals surface area contributed by atoms with Crippen LogP contribution in [0, 0.1) is 5.82 Å². The van der Waals surface area contributed by atoms with E-state index in [4.69, 9.17) is 9.47 Å². The molecule has 0 saturated heterocycles. The Balaban J connectivity index is 1.82. The molecule has 1 amide bonds. The zero-order valence-electron chi connectivity index (χ0n) is 16.6. The normalized spacial score (nSPS) is 11.7. The van der Waals surface area contributed by atoms with E-state index in [1.54, 1.807) is 44.2 Å². The Morgan fingerprint density at radius 1 is 1.10 bits per heavy atom. The molecular weight excluding hydrogens is 391 g/mol. The molecule has 0 spiro atoms. The summed E-state index contributed by atoms with van der Waals surface area (Å²) in [6.45, 7) is 3.22. The summed E-state index contributed by atoms with van der Waals surface area (Å²) in [5, 5.41) is 3.27. The molecule has 0 aliphatic carbocycles. The minimum atomic E-state index is -0.843. The van der Waals surface area contributed by atoms with E-state index in [-0.39, 0.29) is 18.8 Å². The van der Waals surface area contributed by atoms with E-state index in [1.165, 1.54) is 29.0 Å². The number of benzene rings is 2. The molecule has 156 valence electrons. The van der Waals surface area contributed by atoms with Gasteiger partial charge in [-0.25, -0.2) is 9.18 Å². The number of fused-ring (bicyclic) bond motifs is 1. The Morgan fingerprint density at radius 2 is 1.87 bits per heavy atom. The third kappa shape index (κ3) is 4.65. The molecule has 0 aliphatic rings. The Hall–Kier alpha value is -3.68. The van der Waals surface area contributed by atoms with Crippen LogP contribution in [0.1, 0.15) is 13.8 Å². The number of amides is 1. The minimum absolute atomic E-state index is 0.0416. The summed E-state index contributed by atoms with van der Waals surface area (Å²) in [4.78, 5) is 36.9. The maximum absolute atomic E-state index is 13.7. The highest BCUT2D eigenvalue weighted by atomic mass is 19.1. The van der Waals surface area contributed by atoms with Gasteiger partial charge >= 0.3 is 5.97 Å². The lowest BCUT2D eigenvalue weighted by Crippen LogP contribution is -2.28. The van der Waals surface area contributed by atoms with Gasteiger partial charge in [-0.2, -0.15) is 0 Å². The van der Waals surface area contributed by atoms with Crippen LogP contribution in [0.25, 0.3) is 10.8 Å². The number of para-hydroxylation sites is 1. The van der Waals surface area contributed by atoms with Gasteiger partial charge in [-0.3, -0.25) is 9.59 Å². The van der Waals surface area contributed by atoms with E-state index in [0.29, 0.717) is 16.5 Å². The number of halogens is 1. The number of nitrogens with one attached hydrogen (secondary N) is 1. The Labute approximate surface area is 172 Å². The number of esters is 1. The van der Waals surface area contributed by atoms with Gasteiger partial charge in [0, 0.05) is 11.6 Å². The first-order chi connectivity index (χ1) is 14.4. The van der Waals surface area contributed by atoms with Crippen LogP contribution in [0.15, 0.2) is 59.5 Å². The predicted molar refractivity (Wildman–Crippen MR) is 110 cm³/mol. The van der Waals surface area contributed by atoms with E-state index in [2.05, 4.69) is 5.32 Å². The summed E-state index contributed by atoms with van der Waals surface area (Å²) in [7, 11) is 0. The van der Waals surface area contributed by atoms with Gasteiger partial charge in [-0.05, 0) is 44.2 Å². The first kappa shape index (κ1) is 21.0. The fraction of sp³-hybridized carbons (Fsp3) is 0.227. The second kappa shape index (κ2) is 9.21. The molecule has 3 rings (SSSR count). The van der Waals surface area contributed by atoms with Crippen molar-refractivity contribution in [3.05, 3.63) is 70.9 Å². The molecule has 0 saturated carbocycles. The van der Waals surface area contributed by atoms with E-state index in [0.717, 1.165) is 0 Å². The smallest absolute Gasteiger partial charge is 0.347 e. The van der Waals surface area contributed by atoms with Crippen LogP contribution in [-0.4, -0.2) is 29.2 Å². The van der Waals surface area contributed by atoms with Gasteiger partial charge in [-0.15, -0.1) is 0 Å². The lowest BCUT2D eigenvalue weighted by molar-refractivity contribution is -0.150. The topological polar surface area (TPSA) is 86.6 Å². The van der Waals surface area contributed by atoms with Crippen molar-refractivity contribution in [3.8, 4) is 5.75 Å². The van der Waals surface area contributed by atoms with Crippen LogP contribution in [0.3, 0.4) is 0 Å². The van der Waals surface area contributed by atoms with Crippen molar-refractivity contribution in [2.24, 2.45) is 0 Å². The molecule has 0 fully saturated rings. The first-order valence-electron chi connectivity index (χ1n) is 9.40. The third-order valence-electron chi connectivity index (χ3n) is 4.36. The first-order valence-corrected chi connectivity index (χ1v) is 9.40. The molecule has 1 atom stereocenters. The average molecular weight is 412 g/mol. The van der Waals surface area contributed by atoms with Gasteiger partial charge in [0.15, 0.2) is 6.10 Å². The maximum Gasteiger partial charge on any atom is 0.347 e. The van der Waals surface area contributed by atoms with Crippen molar-refractivity contribution in [1.82, 2.24) is 4.57 Å². The number of aromatic nitrogens is 1. The van der Waals surface area contributed by atoms with Crippen molar-refractivity contribution >= 4 is 28.3 Å². The molecule has 7 nitrogen and oxygen atoms in total. The minimum Gasteiger partial charge on any atom is -0.478 e. The summed E-state index contributed by atoms with van der Waals surface area (Å²) >= 11 is 0. The number of rotatable bonds is 7. The van der Waals surface area contributed by atoms with Crippen LogP contribution < -0.4 is 15.6 Å². The summed E-state index contributed by atoms with van der Waals surface area (Å²) < 4.78 is 25.5. The fourth-order valence-electron chi connectivity index (χ4n) is 2.92. The van der Waals surface area contributed by atoms with E-state index in [1.807, 2.05) is 0 Å². The monoisotopic (exact) mass is 412 g/mol. The molecule has 0 bridgehead atoms. The lowest BCUT2D eigenvalue weighted by atomic mass is 10.1. The van der Waals surface area contributed by atoms with Gasteiger partial charge in [0.05, 0.1) is 17.7 Å². The molecule has 2 aromatic carbocycles. The van der Waals surface area contributed by atoms with Gasteiger partial charge in [0.2, 0.25) is 5.91 Å². The molecule has 1 N–H and O–H groups in total. The second-order valence-corrected chi connectivity index (χ2v) is 6.51. The van der Waals surface area contributed by atoms with Crippen LogP contribution in [0.5, 0.6) is 5.75 Å². The van der Waals surface area contributed by atoms with Crippen LogP contribution in [0.2, 0.25) is 0 Å². The van der Waals surface area contributed by atoms with Crippen molar-refractivity contribution in [2.45, 2.75) is 26.5 Å². The summed E-state index contributed by atoms with van der Waals surface area (Å²) in [5.41, 5.74) is -0.370. The largest absolute Gasteiger partial charge is 0.478 e. The predicted octanol–water partition coefficient (Wildman–Crippen LogP) is 3.11. The number of anilines is 1. The molecular formula is C22H21FN2O5. The molecule has 0 aliphatic heterocycles. The van der Waals surface area contributed by atoms with Crippen molar-refractivity contribution in [2.75, 3.05) is 11.9 Å². The van der Waals surface area contributed by atoms with Crippen LogP contribution in [0.4, 0.5) is 10.1 Å². The number of ether oxygens (including phenoxy) is 2. The Kier molecular flexibility index (Phi) is 6.46. The zero-order chi connectivity index (χ0) is 21.7. The summed E-state index contributed by atoms with van der Waals surface area (Å²) in [6, 6.07) is 12.3. The summed E-state index contributed by atoms with van der Waals surface area (Å²) in [6.07, 6.45) is 0.609. The molecule has 0 radical (unpaired) electrons. The molecule has 1 unspecified atom stereocenters. The van der Waals surface area contributed by atoms with Crippen molar-refractivity contribution in [3.63, 3.8) is 0 Å². The van der Waals surface area contributed by atoms with E-state index < -0.39 is 29.4 Å². The molecule has 8 heteroatoms. The lowest BCUT2D eigenvalue weighted by Gasteiger charge is -2.15. The summed E-state index contributed by atoms with van der Waals surface area (Å²) in [5.74, 6) is -1.25. The van der Waals surface area contributed by atoms with Crippen LogP contribution in [-0.2, 0) is 20.9 Å². The van der Waals surface area contributed by atoms with Gasteiger partial charge in [-0.1, -0.05) is 18.2 Å². The second-order valence-electron chi connectivity index (χ2n) is 6.51. The highest BCUT2D eigenvalue weighted by molar-refractivity contribution is 5.91. The van der Waals surface area contributed by atoms with Gasteiger partial charge in [0.25, 0.3) is 5.56 Å². The molecule has 1 heterocycles. The number of carbonyl (C=O) groups excluding carboxylic acids is 2. The SMILES string of the molecule is CCOC(=O)C(C)Oc1cccc2c(=O)n(CC(=O)Nc3ccccc3F)ccc12. The zero-order valence-corrected chi connectivity index (χ0v) is 16.6. The molecule has 1 aromatic heterocycles. The quantitative estimate of drug-likeness (QED) is 0.603. The van der Waals surface area contributed by atoms with E-state index >= 15 is 0 Å². The maximum atomic E-state index is 13.7. The fourth-order valence-corrected chi connectivity index (χ4v) is 2.92. The highest BCUT2D eigenvalue weighted by Gasteiger charge is 2.18. The van der Waals surface area contributed by atoms with Crippen molar-refractivity contribution < 1.29 is 23.5 Å². The third-order valence-corrected chi connectivity index (χ3v) is 4.36. The average Bonchev–Trinajstić information content (AvgIpc) is 2.72. The Morgan fingerprint density at radius 3 is 2.60 bits per heavy atom.